The van der Waals surface area contributed by atoms with Crippen molar-refractivity contribution in [3.63, 3.8) is 0 Å². The molecule has 0 aliphatic carbocycles. The quantitative estimate of drug-likeness (QED) is 0.813. The molecule has 6 nitrogen and oxygen atoms in total. The number of nitriles is 1. The Morgan fingerprint density at radius 2 is 1.85 bits per heavy atom. The van der Waals surface area contributed by atoms with Crippen LogP contribution in [0.4, 0.5) is 0 Å². The first-order valence-corrected chi connectivity index (χ1v) is 8.55. The summed E-state index contributed by atoms with van der Waals surface area (Å²) in [6.45, 7) is 9.95. The molecule has 1 aromatic carbocycles. The van der Waals surface area contributed by atoms with Gasteiger partial charge >= 0.3 is 5.97 Å². The van der Waals surface area contributed by atoms with Crippen molar-refractivity contribution in [1.29, 1.82) is 5.26 Å². The molecule has 138 valence electrons. The van der Waals surface area contributed by atoms with E-state index in [0.717, 1.165) is 22.4 Å². The first-order valence-electron chi connectivity index (χ1n) is 8.55. The average molecular weight is 356 g/mol. The number of hydrogen-bond donors (Lipinski definition) is 1. The topological polar surface area (TPSA) is 94.6 Å². The lowest BCUT2D eigenvalue weighted by molar-refractivity contribution is -0.139. The normalized spacial score (nSPS) is 16.8. The molecule has 0 spiro atoms. The second kappa shape index (κ2) is 7.96. The number of aryl methyl sites for hydroxylation is 2. The van der Waals surface area contributed by atoms with Crippen LogP contribution >= 0.6 is 0 Å². The van der Waals surface area contributed by atoms with Crippen LogP contribution in [-0.2, 0) is 14.3 Å². The summed E-state index contributed by atoms with van der Waals surface area (Å²) >= 11 is 0. The number of hydrogen-bond acceptors (Lipinski definition) is 6. The molecule has 0 amide bonds. The molecule has 0 saturated carbocycles. The molecule has 1 heterocycles. The summed E-state index contributed by atoms with van der Waals surface area (Å²) in [7, 11) is 0. The lowest BCUT2D eigenvalue weighted by Gasteiger charge is -2.27. The van der Waals surface area contributed by atoms with Crippen molar-refractivity contribution in [2.24, 2.45) is 5.73 Å². The van der Waals surface area contributed by atoms with Crippen LogP contribution in [0.3, 0.4) is 0 Å². The molecular formula is C20H24N2O4. The van der Waals surface area contributed by atoms with E-state index in [-0.39, 0.29) is 18.1 Å². The highest BCUT2D eigenvalue weighted by Crippen LogP contribution is 2.41. The van der Waals surface area contributed by atoms with E-state index in [4.69, 9.17) is 19.9 Å². The molecule has 0 aromatic heterocycles. The lowest BCUT2D eigenvalue weighted by atomic mass is 9.82. The molecule has 26 heavy (non-hydrogen) atoms. The molecule has 0 radical (unpaired) electrons. The number of carbonyl (C=O) groups excluding carboxylic acids is 1. The fourth-order valence-electron chi connectivity index (χ4n) is 3.21. The van der Waals surface area contributed by atoms with Crippen LogP contribution < -0.4 is 10.5 Å². The first-order chi connectivity index (χ1) is 12.3. The maximum atomic E-state index is 12.5. The summed E-state index contributed by atoms with van der Waals surface area (Å²) < 4.78 is 16.3. The minimum absolute atomic E-state index is 0.00670. The summed E-state index contributed by atoms with van der Waals surface area (Å²) in [5.41, 5.74) is 9.02. The molecule has 1 aliphatic rings. The Morgan fingerprint density at radius 3 is 2.35 bits per heavy atom. The fraction of sp³-hybridized carbons (Fsp3) is 0.400. The van der Waals surface area contributed by atoms with E-state index >= 15 is 0 Å². The monoisotopic (exact) mass is 356 g/mol. The molecule has 2 N–H and O–H groups in total. The van der Waals surface area contributed by atoms with Crippen molar-refractivity contribution in [3.8, 4) is 11.8 Å². The predicted molar refractivity (Wildman–Crippen MR) is 97.1 cm³/mol. The average Bonchev–Trinajstić information content (AvgIpc) is 2.57. The van der Waals surface area contributed by atoms with E-state index < -0.39 is 11.9 Å². The van der Waals surface area contributed by atoms with Crippen LogP contribution in [0.1, 0.15) is 43.4 Å². The van der Waals surface area contributed by atoms with Crippen molar-refractivity contribution in [2.75, 3.05) is 13.2 Å². The third kappa shape index (κ3) is 3.52. The molecule has 1 aliphatic heterocycles. The van der Waals surface area contributed by atoms with Gasteiger partial charge in [-0.2, -0.15) is 5.26 Å². The van der Waals surface area contributed by atoms with Gasteiger partial charge in [-0.3, -0.25) is 0 Å². The summed E-state index contributed by atoms with van der Waals surface area (Å²) in [6.07, 6.45) is 0. The Kier molecular flexibility index (Phi) is 5.93. The van der Waals surface area contributed by atoms with Gasteiger partial charge in [0.25, 0.3) is 0 Å². The van der Waals surface area contributed by atoms with Crippen LogP contribution in [-0.4, -0.2) is 19.2 Å². The van der Waals surface area contributed by atoms with E-state index in [9.17, 15) is 10.1 Å². The highest BCUT2D eigenvalue weighted by atomic mass is 16.5. The van der Waals surface area contributed by atoms with Crippen LogP contribution in [0.2, 0.25) is 0 Å². The third-order valence-electron chi connectivity index (χ3n) is 4.21. The van der Waals surface area contributed by atoms with Gasteiger partial charge in [0.15, 0.2) is 0 Å². The highest BCUT2D eigenvalue weighted by Gasteiger charge is 2.36. The van der Waals surface area contributed by atoms with Crippen molar-refractivity contribution < 1.29 is 19.0 Å². The number of esters is 1. The first kappa shape index (κ1) is 19.4. The number of allylic oxidation sites excluding steroid dienone is 2. The SMILES string of the molecule is CCOC(=O)C1=C(C)OC(N)=C(C#N)C1c1cc(C)c(OCC)c(C)c1. The maximum Gasteiger partial charge on any atom is 0.338 e. The molecule has 0 saturated heterocycles. The molecule has 0 bridgehead atoms. The molecule has 1 aromatic rings. The maximum absolute atomic E-state index is 12.5. The zero-order chi connectivity index (χ0) is 19.4. The summed E-state index contributed by atoms with van der Waals surface area (Å²) in [5, 5.41) is 9.62. The van der Waals surface area contributed by atoms with Gasteiger partial charge in [-0.1, -0.05) is 12.1 Å². The zero-order valence-corrected chi connectivity index (χ0v) is 15.8. The Bertz CT molecular complexity index is 808. The predicted octanol–water partition coefficient (Wildman–Crippen LogP) is 3.35. The number of nitrogens with zero attached hydrogens (tertiary/aromatic N) is 1. The van der Waals surface area contributed by atoms with Crippen LogP contribution in [0.15, 0.2) is 34.9 Å². The fourth-order valence-corrected chi connectivity index (χ4v) is 3.21. The smallest absolute Gasteiger partial charge is 0.338 e. The van der Waals surface area contributed by atoms with Crippen molar-refractivity contribution in [3.05, 3.63) is 51.6 Å². The molecule has 6 heteroatoms. The van der Waals surface area contributed by atoms with Gasteiger partial charge < -0.3 is 19.9 Å². The van der Waals surface area contributed by atoms with Gasteiger partial charge in [0, 0.05) is 0 Å². The molecule has 0 fully saturated rings. The number of benzene rings is 1. The van der Waals surface area contributed by atoms with Gasteiger partial charge in [-0.05, 0) is 51.3 Å². The second-order valence-electron chi connectivity index (χ2n) is 6.03. The van der Waals surface area contributed by atoms with E-state index in [2.05, 4.69) is 6.07 Å². The molecule has 1 atom stereocenters. The summed E-state index contributed by atoms with van der Waals surface area (Å²) in [5.74, 6) is -0.00106. The van der Waals surface area contributed by atoms with Gasteiger partial charge in [0.2, 0.25) is 5.88 Å². The van der Waals surface area contributed by atoms with Crippen LogP contribution in [0, 0.1) is 25.2 Å². The largest absolute Gasteiger partial charge is 0.493 e. The summed E-state index contributed by atoms with van der Waals surface area (Å²) in [6, 6.07) is 5.90. The molecule has 1 unspecified atom stereocenters. The molecular weight excluding hydrogens is 332 g/mol. The Labute approximate surface area is 153 Å². The number of carbonyl (C=O) groups is 1. The van der Waals surface area contributed by atoms with Crippen molar-refractivity contribution in [1.82, 2.24) is 0 Å². The Hall–Kier alpha value is -2.94. The van der Waals surface area contributed by atoms with Gasteiger partial charge in [-0.25, -0.2) is 4.79 Å². The van der Waals surface area contributed by atoms with Crippen LogP contribution in [0.5, 0.6) is 5.75 Å². The van der Waals surface area contributed by atoms with E-state index in [0.29, 0.717) is 17.9 Å². The lowest BCUT2D eigenvalue weighted by Crippen LogP contribution is -2.25. The van der Waals surface area contributed by atoms with Crippen molar-refractivity contribution in [2.45, 2.75) is 40.5 Å². The van der Waals surface area contributed by atoms with E-state index in [1.165, 1.54) is 0 Å². The van der Waals surface area contributed by atoms with E-state index in [1.807, 2.05) is 32.9 Å². The minimum atomic E-state index is -0.638. The number of nitrogens with two attached hydrogens (primary N) is 1. The van der Waals surface area contributed by atoms with Gasteiger partial charge in [0.1, 0.15) is 23.2 Å². The number of rotatable bonds is 5. The summed E-state index contributed by atoms with van der Waals surface area (Å²) in [4.78, 5) is 12.5. The second-order valence-corrected chi connectivity index (χ2v) is 6.03. The molecule has 2 rings (SSSR count). The Balaban J connectivity index is 2.66. The third-order valence-corrected chi connectivity index (χ3v) is 4.21. The minimum Gasteiger partial charge on any atom is -0.493 e. The highest BCUT2D eigenvalue weighted by molar-refractivity contribution is 5.92. The van der Waals surface area contributed by atoms with Gasteiger partial charge in [-0.15, -0.1) is 0 Å². The van der Waals surface area contributed by atoms with Crippen LogP contribution in [0.25, 0.3) is 0 Å². The zero-order valence-electron chi connectivity index (χ0n) is 15.8. The van der Waals surface area contributed by atoms with Crippen molar-refractivity contribution >= 4 is 5.97 Å². The standard InChI is InChI=1S/C20H24N2O4/c1-6-24-18-11(3)8-14(9-12(18)4)17-15(10-21)19(22)26-13(5)16(17)20(23)25-7-2/h8-9,17H,6-7,22H2,1-5H3. The van der Waals surface area contributed by atoms with Gasteiger partial charge in [0.05, 0.1) is 24.7 Å². The number of ether oxygens (including phenoxy) is 3. The Morgan fingerprint density at radius 1 is 1.23 bits per heavy atom. The van der Waals surface area contributed by atoms with E-state index in [1.54, 1.807) is 13.8 Å².